The number of benzene rings is 2. The summed E-state index contributed by atoms with van der Waals surface area (Å²) in [7, 11) is 0. The molecule has 3 rings (SSSR count). The van der Waals surface area contributed by atoms with E-state index in [0.29, 0.717) is 57.7 Å². The van der Waals surface area contributed by atoms with Crippen LogP contribution in [0.15, 0.2) is 48.5 Å². The zero-order valence-corrected chi connectivity index (χ0v) is 33.3. The molecular formula is C41H60N4O9. The standard InChI is InChI=1S/C41H60N4O9/c1-28-17-19-32(51-23-21-33-27-45(22-24-52-33)39(50)54-41(6,7)8)25-31(28)26-42-37(48)35(20-18-30-13-10-9-11-14-30)44-38(49)34(43-29(2)46)15-12-16-36(47)53-40(3,4)5/h9-11,13-14,17,19,25,33-35H,12,15-16,18,20-24,26-27H2,1-8H3,(H,42,48)(H,43,46)(H,44,49). The van der Waals surface area contributed by atoms with Crippen LogP contribution in [0.25, 0.3) is 0 Å². The van der Waals surface area contributed by atoms with E-state index in [9.17, 15) is 24.0 Å². The third-order valence-electron chi connectivity index (χ3n) is 8.46. The zero-order valence-electron chi connectivity index (χ0n) is 33.3. The maximum atomic E-state index is 13.7. The Hall–Kier alpha value is -4.65. The molecule has 2 aromatic rings. The summed E-state index contributed by atoms with van der Waals surface area (Å²) in [5.41, 5.74) is 1.60. The Morgan fingerprint density at radius 2 is 1.57 bits per heavy atom. The predicted molar refractivity (Wildman–Crippen MR) is 205 cm³/mol. The van der Waals surface area contributed by atoms with Gasteiger partial charge in [0.1, 0.15) is 29.0 Å². The fourth-order valence-corrected chi connectivity index (χ4v) is 5.78. The third-order valence-corrected chi connectivity index (χ3v) is 8.46. The summed E-state index contributed by atoms with van der Waals surface area (Å²) < 4.78 is 22.8. The van der Waals surface area contributed by atoms with E-state index < -0.39 is 35.1 Å². The molecule has 0 spiro atoms. The molecule has 3 N–H and O–H groups in total. The van der Waals surface area contributed by atoms with Crippen LogP contribution in [-0.2, 0) is 46.4 Å². The average Bonchev–Trinajstić information content (AvgIpc) is 3.08. The van der Waals surface area contributed by atoms with E-state index in [4.69, 9.17) is 18.9 Å². The SMILES string of the molecule is CC(=O)NC(CCCC(=O)OC(C)(C)C)C(=O)NC(CCc1ccccc1)C(=O)NCc1cc(OCCC2CN(C(=O)OC(C)(C)C)CCO2)ccc1C. The molecule has 54 heavy (non-hydrogen) atoms. The number of carbonyl (C=O) groups excluding carboxylic acids is 5. The number of amides is 4. The number of nitrogens with zero attached hydrogens (tertiary/aromatic N) is 1. The molecular weight excluding hydrogens is 692 g/mol. The number of hydrogen-bond donors (Lipinski definition) is 3. The van der Waals surface area contributed by atoms with E-state index in [1.165, 1.54) is 6.92 Å². The molecule has 0 aromatic heterocycles. The lowest BCUT2D eigenvalue weighted by molar-refractivity contribution is -0.155. The minimum absolute atomic E-state index is 0.0851. The van der Waals surface area contributed by atoms with Crippen molar-refractivity contribution in [2.45, 2.75) is 130 Å². The Labute approximate surface area is 320 Å². The summed E-state index contributed by atoms with van der Waals surface area (Å²) in [5, 5.41) is 8.51. The molecule has 298 valence electrons. The Bertz CT molecular complexity index is 1550. The number of aryl methyl sites for hydroxylation is 2. The second-order valence-electron chi connectivity index (χ2n) is 15.7. The highest BCUT2D eigenvalue weighted by atomic mass is 16.6. The first-order chi connectivity index (χ1) is 25.4. The molecule has 3 atom stereocenters. The monoisotopic (exact) mass is 752 g/mol. The number of esters is 1. The Morgan fingerprint density at radius 1 is 0.889 bits per heavy atom. The summed E-state index contributed by atoms with van der Waals surface area (Å²) >= 11 is 0. The van der Waals surface area contributed by atoms with Crippen LogP contribution >= 0.6 is 0 Å². The number of morpholine rings is 1. The van der Waals surface area contributed by atoms with Crippen LogP contribution in [0.1, 0.15) is 97.3 Å². The smallest absolute Gasteiger partial charge is 0.410 e. The van der Waals surface area contributed by atoms with Crippen molar-refractivity contribution in [3.63, 3.8) is 0 Å². The second-order valence-corrected chi connectivity index (χ2v) is 15.7. The summed E-state index contributed by atoms with van der Waals surface area (Å²) in [6.07, 6.45) is 1.47. The molecule has 3 unspecified atom stereocenters. The number of nitrogens with one attached hydrogen (secondary N) is 3. The van der Waals surface area contributed by atoms with Gasteiger partial charge in [0, 0.05) is 32.9 Å². The molecule has 13 nitrogen and oxygen atoms in total. The van der Waals surface area contributed by atoms with Crippen molar-refractivity contribution in [2.24, 2.45) is 0 Å². The van der Waals surface area contributed by atoms with Crippen LogP contribution < -0.4 is 20.7 Å². The van der Waals surface area contributed by atoms with Crippen molar-refractivity contribution >= 4 is 29.8 Å². The van der Waals surface area contributed by atoms with Crippen LogP contribution in [0.3, 0.4) is 0 Å². The van der Waals surface area contributed by atoms with E-state index >= 15 is 0 Å². The summed E-state index contributed by atoms with van der Waals surface area (Å²) in [5.74, 6) is -1.04. The van der Waals surface area contributed by atoms with Gasteiger partial charge in [-0.3, -0.25) is 19.2 Å². The fourth-order valence-electron chi connectivity index (χ4n) is 5.78. The van der Waals surface area contributed by atoms with Crippen LogP contribution in [0.4, 0.5) is 4.79 Å². The van der Waals surface area contributed by atoms with Crippen molar-refractivity contribution in [3.8, 4) is 5.75 Å². The van der Waals surface area contributed by atoms with E-state index in [1.54, 1.807) is 25.7 Å². The molecule has 0 saturated carbocycles. The first-order valence-corrected chi connectivity index (χ1v) is 18.8. The Morgan fingerprint density at radius 3 is 2.24 bits per heavy atom. The second kappa shape index (κ2) is 20.7. The number of ether oxygens (including phenoxy) is 4. The predicted octanol–water partition coefficient (Wildman–Crippen LogP) is 5.15. The topological polar surface area (TPSA) is 162 Å². The maximum absolute atomic E-state index is 13.7. The molecule has 0 radical (unpaired) electrons. The minimum Gasteiger partial charge on any atom is -0.493 e. The molecule has 13 heteroatoms. The van der Waals surface area contributed by atoms with E-state index in [-0.39, 0.29) is 43.5 Å². The third kappa shape index (κ3) is 16.6. The Kier molecular flexibility index (Phi) is 16.8. The highest BCUT2D eigenvalue weighted by Gasteiger charge is 2.29. The van der Waals surface area contributed by atoms with Gasteiger partial charge >= 0.3 is 12.1 Å². The largest absolute Gasteiger partial charge is 0.493 e. The summed E-state index contributed by atoms with van der Waals surface area (Å²) in [6.45, 7) is 16.0. The highest BCUT2D eigenvalue weighted by molar-refractivity contribution is 5.91. The first-order valence-electron chi connectivity index (χ1n) is 18.8. The van der Waals surface area contributed by atoms with Crippen LogP contribution in [0, 0.1) is 6.92 Å². The van der Waals surface area contributed by atoms with Crippen molar-refractivity contribution < 1.29 is 42.9 Å². The normalized spacial score (nSPS) is 15.7. The van der Waals surface area contributed by atoms with E-state index in [1.807, 2.05) is 76.2 Å². The van der Waals surface area contributed by atoms with Gasteiger partial charge in [0.05, 0.1) is 25.9 Å². The van der Waals surface area contributed by atoms with Crippen LogP contribution in [-0.4, -0.2) is 90.4 Å². The van der Waals surface area contributed by atoms with Gasteiger partial charge < -0.3 is 39.8 Å². The molecule has 1 aliphatic heterocycles. The van der Waals surface area contributed by atoms with E-state index in [2.05, 4.69) is 16.0 Å². The molecule has 2 aromatic carbocycles. The van der Waals surface area contributed by atoms with E-state index in [0.717, 1.165) is 16.7 Å². The van der Waals surface area contributed by atoms with Crippen molar-refractivity contribution in [3.05, 3.63) is 65.2 Å². The lowest BCUT2D eigenvalue weighted by Gasteiger charge is -2.34. The number of hydrogen-bond acceptors (Lipinski definition) is 9. The molecule has 1 aliphatic rings. The van der Waals surface area contributed by atoms with Gasteiger partial charge in [-0.2, -0.15) is 0 Å². The lowest BCUT2D eigenvalue weighted by Crippen LogP contribution is -2.53. The molecule has 0 bridgehead atoms. The Balaban J connectivity index is 1.61. The van der Waals surface area contributed by atoms with Crippen molar-refractivity contribution in [2.75, 3.05) is 26.3 Å². The molecule has 1 saturated heterocycles. The van der Waals surface area contributed by atoms with Gasteiger partial charge in [0.2, 0.25) is 17.7 Å². The fraction of sp³-hybridized carbons (Fsp3) is 0.585. The van der Waals surface area contributed by atoms with Crippen molar-refractivity contribution in [1.82, 2.24) is 20.9 Å². The van der Waals surface area contributed by atoms with Crippen LogP contribution in [0.5, 0.6) is 5.75 Å². The first kappa shape index (κ1) is 43.8. The van der Waals surface area contributed by atoms with Gasteiger partial charge in [-0.25, -0.2) is 4.79 Å². The number of carbonyl (C=O) groups is 5. The van der Waals surface area contributed by atoms with Gasteiger partial charge in [0.15, 0.2) is 0 Å². The molecule has 1 heterocycles. The molecule has 0 aliphatic carbocycles. The van der Waals surface area contributed by atoms with Crippen molar-refractivity contribution in [1.29, 1.82) is 0 Å². The van der Waals surface area contributed by atoms with Gasteiger partial charge in [0.25, 0.3) is 0 Å². The number of rotatable bonds is 17. The zero-order chi connectivity index (χ0) is 39.9. The summed E-state index contributed by atoms with van der Waals surface area (Å²) in [4.78, 5) is 65.7. The highest BCUT2D eigenvalue weighted by Crippen LogP contribution is 2.20. The minimum atomic E-state index is -0.938. The average molecular weight is 753 g/mol. The summed E-state index contributed by atoms with van der Waals surface area (Å²) in [6, 6.07) is 13.5. The van der Waals surface area contributed by atoms with Gasteiger partial charge in [-0.15, -0.1) is 0 Å². The quantitative estimate of drug-likeness (QED) is 0.186. The maximum Gasteiger partial charge on any atom is 0.410 e. The molecule has 4 amide bonds. The van der Waals surface area contributed by atoms with Gasteiger partial charge in [-0.1, -0.05) is 36.4 Å². The molecule has 1 fully saturated rings. The van der Waals surface area contributed by atoms with Crippen LogP contribution in [0.2, 0.25) is 0 Å². The lowest BCUT2D eigenvalue weighted by atomic mass is 10.0. The van der Waals surface area contributed by atoms with Gasteiger partial charge in [-0.05, 0) is 103 Å².